The molecule has 1 aliphatic carbocycles. The second-order valence-corrected chi connectivity index (χ2v) is 6.56. The van der Waals surface area contributed by atoms with Crippen molar-refractivity contribution in [1.82, 2.24) is 15.5 Å². The predicted octanol–water partition coefficient (Wildman–Crippen LogP) is 1.33. The first-order valence-electron chi connectivity index (χ1n) is 8.52. The first-order chi connectivity index (χ1) is 10.6. The Bertz CT molecular complexity index is 405. The van der Waals surface area contributed by atoms with E-state index in [0.717, 1.165) is 57.7 Å². The minimum absolute atomic E-state index is 0. The molecule has 0 spiro atoms. The fourth-order valence-electron chi connectivity index (χ4n) is 3.10. The van der Waals surface area contributed by atoms with Crippen LogP contribution in [-0.4, -0.2) is 60.7 Å². The molecule has 0 aromatic heterocycles. The smallest absolute Gasteiger partial charge is 0.220 e. The summed E-state index contributed by atoms with van der Waals surface area (Å²) >= 11 is 0. The van der Waals surface area contributed by atoms with Crippen molar-refractivity contribution in [3.8, 4) is 0 Å². The van der Waals surface area contributed by atoms with Crippen LogP contribution in [0.2, 0.25) is 0 Å². The van der Waals surface area contributed by atoms with E-state index in [1.807, 2.05) is 0 Å². The topological polar surface area (TPSA) is 77.0 Å². The molecule has 0 bridgehead atoms. The number of aliphatic imine (C=N–C) groups is 1. The number of carbonyl (C=O) groups excluding carboxylic acids is 1. The van der Waals surface area contributed by atoms with E-state index in [2.05, 4.69) is 27.4 Å². The van der Waals surface area contributed by atoms with Gasteiger partial charge < -0.3 is 20.6 Å². The summed E-state index contributed by atoms with van der Waals surface area (Å²) in [5.74, 6) is 1.50. The van der Waals surface area contributed by atoms with Gasteiger partial charge in [0.15, 0.2) is 5.96 Å². The van der Waals surface area contributed by atoms with Gasteiger partial charge in [-0.1, -0.05) is 0 Å². The first-order valence-corrected chi connectivity index (χ1v) is 8.52. The summed E-state index contributed by atoms with van der Waals surface area (Å²) < 4.78 is 0. The molecule has 0 aromatic rings. The molecule has 7 heteroatoms. The number of likely N-dealkylation sites (tertiary alicyclic amines) is 1. The zero-order valence-electron chi connectivity index (χ0n) is 14.3. The van der Waals surface area contributed by atoms with Gasteiger partial charge in [0.1, 0.15) is 0 Å². The van der Waals surface area contributed by atoms with Crippen molar-refractivity contribution < 1.29 is 9.90 Å². The Morgan fingerprint density at radius 2 is 2.00 bits per heavy atom. The molecule has 0 radical (unpaired) electrons. The van der Waals surface area contributed by atoms with Crippen molar-refractivity contribution in [3.05, 3.63) is 0 Å². The maximum atomic E-state index is 11.5. The Labute approximate surface area is 156 Å². The molecule has 1 heterocycles. The lowest BCUT2D eigenvalue weighted by Gasteiger charge is -2.37. The number of nitrogens with one attached hydrogen (secondary N) is 2. The average Bonchev–Trinajstić information content (AvgIpc) is 2.50. The molecule has 6 nitrogen and oxygen atoms in total. The van der Waals surface area contributed by atoms with E-state index in [1.54, 1.807) is 7.05 Å². The van der Waals surface area contributed by atoms with Crippen LogP contribution in [0.25, 0.3) is 0 Å². The molecule has 1 aliphatic heterocycles. The van der Waals surface area contributed by atoms with Gasteiger partial charge in [-0.05, 0) is 44.9 Å². The summed E-state index contributed by atoms with van der Waals surface area (Å²) in [7, 11) is 1.69. The molecular weight excluding hydrogens is 407 g/mol. The molecule has 0 unspecified atom stereocenters. The van der Waals surface area contributed by atoms with Crippen LogP contribution in [0.1, 0.15) is 45.4 Å². The molecule has 1 amide bonds. The molecule has 0 atom stereocenters. The summed E-state index contributed by atoms with van der Waals surface area (Å²) in [6, 6.07) is 0. The number of amides is 1. The van der Waals surface area contributed by atoms with Crippen molar-refractivity contribution >= 4 is 35.8 Å². The van der Waals surface area contributed by atoms with Crippen LogP contribution >= 0.6 is 24.0 Å². The van der Waals surface area contributed by atoms with Crippen LogP contribution in [0.3, 0.4) is 0 Å². The van der Waals surface area contributed by atoms with Crippen molar-refractivity contribution in [2.75, 3.05) is 33.2 Å². The van der Waals surface area contributed by atoms with Crippen LogP contribution in [-0.2, 0) is 4.79 Å². The Morgan fingerprint density at radius 1 is 1.35 bits per heavy atom. The second kappa shape index (κ2) is 9.66. The summed E-state index contributed by atoms with van der Waals surface area (Å²) in [6.45, 7) is 5.23. The van der Waals surface area contributed by atoms with E-state index in [1.165, 1.54) is 0 Å². The number of halogens is 1. The highest BCUT2D eigenvalue weighted by Crippen LogP contribution is 2.31. The maximum absolute atomic E-state index is 11.5. The van der Waals surface area contributed by atoms with Crippen molar-refractivity contribution in [3.63, 3.8) is 0 Å². The molecule has 2 aliphatic rings. The largest absolute Gasteiger partial charge is 0.388 e. The lowest BCUT2D eigenvalue weighted by atomic mass is 9.80. The number of aliphatic hydroxyl groups is 1. The molecule has 3 N–H and O–H groups in total. The van der Waals surface area contributed by atoms with Crippen LogP contribution in [0, 0.1) is 5.92 Å². The highest BCUT2D eigenvalue weighted by molar-refractivity contribution is 14.0. The lowest BCUT2D eigenvalue weighted by Crippen LogP contribution is -2.47. The Balaban J connectivity index is 0.00000264. The lowest BCUT2D eigenvalue weighted by molar-refractivity contribution is -0.121. The zero-order chi connectivity index (χ0) is 16.0. The minimum atomic E-state index is -0.571. The zero-order valence-corrected chi connectivity index (χ0v) is 16.6. The highest BCUT2D eigenvalue weighted by atomic mass is 127. The van der Waals surface area contributed by atoms with E-state index in [9.17, 15) is 9.90 Å². The van der Waals surface area contributed by atoms with Gasteiger partial charge in [-0.25, -0.2) is 0 Å². The third kappa shape index (κ3) is 6.10. The maximum Gasteiger partial charge on any atom is 0.220 e. The van der Waals surface area contributed by atoms with Crippen LogP contribution in [0.15, 0.2) is 4.99 Å². The van der Waals surface area contributed by atoms with Gasteiger partial charge in [0.2, 0.25) is 5.91 Å². The van der Waals surface area contributed by atoms with Crippen LogP contribution < -0.4 is 10.6 Å². The summed E-state index contributed by atoms with van der Waals surface area (Å²) in [4.78, 5) is 18.4. The quantitative estimate of drug-likeness (QED) is 0.344. The fourth-order valence-corrected chi connectivity index (χ4v) is 3.10. The number of carbonyl (C=O) groups is 1. The highest BCUT2D eigenvalue weighted by Gasteiger charge is 2.34. The molecule has 134 valence electrons. The Hall–Kier alpha value is -0.570. The van der Waals surface area contributed by atoms with E-state index in [0.29, 0.717) is 18.9 Å². The van der Waals surface area contributed by atoms with Gasteiger partial charge in [-0.3, -0.25) is 9.79 Å². The third-order valence-electron chi connectivity index (χ3n) is 4.81. The molecule has 0 aromatic carbocycles. The average molecular weight is 438 g/mol. The van der Waals surface area contributed by atoms with Gasteiger partial charge in [0, 0.05) is 33.1 Å². The van der Waals surface area contributed by atoms with Crippen molar-refractivity contribution in [1.29, 1.82) is 0 Å². The van der Waals surface area contributed by atoms with E-state index >= 15 is 0 Å². The number of nitrogens with zero attached hydrogens (tertiary/aromatic N) is 2. The Kier molecular flexibility index (Phi) is 8.60. The predicted molar refractivity (Wildman–Crippen MR) is 103 cm³/mol. The number of hydrogen-bond acceptors (Lipinski definition) is 3. The van der Waals surface area contributed by atoms with E-state index < -0.39 is 5.60 Å². The molecular formula is C16H31IN4O2. The van der Waals surface area contributed by atoms with Crippen molar-refractivity contribution in [2.45, 2.75) is 51.0 Å². The monoisotopic (exact) mass is 438 g/mol. The molecule has 1 saturated heterocycles. The van der Waals surface area contributed by atoms with E-state index in [-0.39, 0.29) is 29.9 Å². The fraction of sp³-hybridized carbons (Fsp3) is 0.875. The number of rotatable bonds is 5. The van der Waals surface area contributed by atoms with Crippen LogP contribution in [0.5, 0.6) is 0 Å². The SMILES string of the molecule is CCNC(=NCC1(O)CCC1)N1CCC(CC(=O)NC)CC1.I. The second-order valence-electron chi connectivity index (χ2n) is 6.56. The minimum Gasteiger partial charge on any atom is -0.388 e. The number of hydrogen-bond donors (Lipinski definition) is 3. The van der Waals surface area contributed by atoms with E-state index in [4.69, 9.17) is 0 Å². The van der Waals surface area contributed by atoms with Gasteiger partial charge >= 0.3 is 0 Å². The van der Waals surface area contributed by atoms with Gasteiger partial charge in [0.25, 0.3) is 0 Å². The summed E-state index contributed by atoms with van der Waals surface area (Å²) in [5.41, 5.74) is -0.571. The molecule has 23 heavy (non-hydrogen) atoms. The van der Waals surface area contributed by atoms with Crippen molar-refractivity contribution in [2.24, 2.45) is 10.9 Å². The normalized spacial score (nSPS) is 21.2. The van der Waals surface area contributed by atoms with Gasteiger partial charge in [-0.2, -0.15) is 0 Å². The standard InChI is InChI=1S/C16H30N4O2.HI/c1-3-18-15(19-12-16(22)7-4-8-16)20-9-5-13(6-10-20)11-14(21)17-2;/h13,22H,3-12H2,1-2H3,(H,17,21)(H,18,19);1H. The number of guanidine groups is 1. The molecule has 2 rings (SSSR count). The van der Waals surface area contributed by atoms with Gasteiger partial charge in [0.05, 0.1) is 12.1 Å². The number of piperidine rings is 1. The molecule has 1 saturated carbocycles. The van der Waals surface area contributed by atoms with Gasteiger partial charge in [-0.15, -0.1) is 24.0 Å². The third-order valence-corrected chi connectivity index (χ3v) is 4.81. The Morgan fingerprint density at radius 3 is 2.48 bits per heavy atom. The summed E-state index contributed by atoms with van der Waals surface area (Å²) in [5, 5.41) is 16.2. The summed E-state index contributed by atoms with van der Waals surface area (Å²) in [6.07, 6.45) is 5.49. The molecule has 2 fully saturated rings. The van der Waals surface area contributed by atoms with Crippen LogP contribution in [0.4, 0.5) is 0 Å². The first kappa shape index (κ1) is 20.5.